The summed E-state index contributed by atoms with van der Waals surface area (Å²) in [5.41, 5.74) is -3.54. The van der Waals surface area contributed by atoms with Gasteiger partial charge in [-0.15, -0.1) is 0 Å². The Labute approximate surface area is 70.1 Å². The van der Waals surface area contributed by atoms with E-state index in [0.29, 0.717) is 0 Å². The molecular weight excluding hydrogens is 200 g/mol. The summed E-state index contributed by atoms with van der Waals surface area (Å²) in [6.45, 7) is -1.32. The van der Waals surface area contributed by atoms with Crippen LogP contribution in [0.15, 0.2) is 0 Å². The van der Waals surface area contributed by atoms with Gasteiger partial charge < -0.3 is 5.32 Å². The van der Waals surface area contributed by atoms with E-state index in [-0.39, 0.29) is 6.54 Å². The summed E-state index contributed by atoms with van der Waals surface area (Å²) in [6, 6.07) is 0. The molecule has 1 fully saturated rings. The van der Waals surface area contributed by atoms with Gasteiger partial charge in [0.1, 0.15) is 0 Å². The van der Waals surface area contributed by atoms with E-state index in [1.165, 1.54) is 0 Å². The average molecular weight is 207 g/mol. The molecule has 1 aliphatic heterocycles. The predicted octanol–water partition coefficient (Wildman–Crippen LogP) is 2.09. The second-order valence-electron chi connectivity index (χ2n) is 3.00. The van der Waals surface area contributed by atoms with Crippen LogP contribution in [0, 0.1) is 5.41 Å². The molecule has 1 saturated heterocycles. The molecule has 0 bridgehead atoms. The zero-order valence-corrected chi connectivity index (χ0v) is 6.39. The van der Waals surface area contributed by atoms with Crippen LogP contribution in [-0.4, -0.2) is 25.4 Å². The predicted molar refractivity (Wildman–Crippen MR) is 32.0 cm³/mol. The molecule has 78 valence electrons. The molecule has 1 nitrogen and oxygen atoms in total. The van der Waals surface area contributed by atoms with E-state index in [2.05, 4.69) is 5.32 Å². The molecule has 1 N–H and O–H groups in total. The topological polar surface area (TPSA) is 12.0 Å². The zero-order valence-electron chi connectivity index (χ0n) is 6.39. The summed E-state index contributed by atoms with van der Waals surface area (Å²) < 4.78 is 72.9. The van der Waals surface area contributed by atoms with E-state index in [1.54, 1.807) is 0 Å². The first-order chi connectivity index (χ1) is 5.71. The Hall–Kier alpha value is -0.460. The summed E-state index contributed by atoms with van der Waals surface area (Å²) >= 11 is 0. The Morgan fingerprint density at radius 3 is 1.54 bits per heavy atom. The third-order valence-corrected chi connectivity index (χ3v) is 2.24. The molecule has 0 unspecified atom stereocenters. The van der Waals surface area contributed by atoms with Gasteiger partial charge in [0.25, 0.3) is 0 Å². The molecular formula is C6H7F6N. The lowest BCUT2D eigenvalue weighted by molar-refractivity contribution is -0.333. The molecule has 0 spiro atoms. The number of nitrogens with one attached hydrogen (secondary N) is 1. The highest BCUT2D eigenvalue weighted by Crippen LogP contribution is 2.53. The van der Waals surface area contributed by atoms with Gasteiger partial charge in [-0.05, 0) is 13.0 Å². The number of alkyl halides is 6. The zero-order chi connectivity index (χ0) is 10.3. The maximum atomic E-state index is 12.2. The van der Waals surface area contributed by atoms with Gasteiger partial charge in [-0.3, -0.25) is 0 Å². The summed E-state index contributed by atoms with van der Waals surface area (Å²) in [7, 11) is 0. The van der Waals surface area contributed by atoms with Gasteiger partial charge in [0, 0.05) is 6.54 Å². The molecule has 7 heteroatoms. The van der Waals surface area contributed by atoms with Gasteiger partial charge in [-0.2, -0.15) is 26.3 Å². The van der Waals surface area contributed by atoms with Crippen LogP contribution in [0.3, 0.4) is 0 Å². The summed E-state index contributed by atoms with van der Waals surface area (Å²) in [4.78, 5) is 0. The number of rotatable bonds is 0. The van der Waals surface area contributed by atoms with E-state index in [9.17, 15) is 26.3 Å². The van der Waals surface area contributed by atoms with Crippen LogP contribution >= 0.6 is 0 Å². The minimum atomic E-state index is -5.23. The van der Waals surface area contributed by atoms with Crippen molar-refractivity contribution in [1.82, 2.24) is 5.32 Å². The third kappa shape index (κ3) is 1.49. The van der Waals surface area contributed by atoms with Crippen LogP contribution in [-0.2, 0) is 0 Å². The summed E-state index contributed by atoms with van der Waals surface area (Å²) in [6.07, 6.45) is -11.4. The lowest BCUT2D eigenvalue weighted by Gasteiger charge is -2.32. The molecule has 13 heavy (non-hydrogen) atoms. The first-order valence-electron chi connectivity index (χ1n) is 3.55. The second kappa shape index (κ2) is 2.76. The van der Waals surface area contributed by atoms with E-state index >= 15 is 0 Å². The van der Waals surface area contributed by atoms with Gasteiger partial charge in [-0.1, -0.05) is 0 Å². The van der Waals surface area contributed by atoms with Crippen molar-refractivity contribution < 1.29 is 26.3 Å². The quantitative estimate of drug-likeness (QED) is 0.599. The highest BCUT2D eigenvalue weighted by molar-refractivity contribution is 4.99. The largest absolute Gasteiger partial charge is 0.404 e. The van der Waals surface area contributed by atoms with Gasteiger partial charge in [0.2, 0.25) is 0 Å². The van der Waals surface area contributed by atoms with Gasteiger partial charge in [-0.25, -0.2) is 0 Å². The first-order valence-corrected chi connectivity index (χ1v) is 3.55. The van der Waals surface area contributed by atoms with Gasteiger partial charge in [0.15, 0.2) is 5.41 Å². The van der Waals surface area contributed by atoms with E-state index < -0.39 is 30.7 Å². The Morgan fingerprint density at radius 1 is 0.923 bits per heavy atom. The van der Waals surface area contributed by atoms with Gasteiger partial charge in [0.05, 0.1) is 0 Å². The minimum absolute atomic E-state index is 0.251. The Kier molecular flexibility index (Phi) is 2.26. The minimum Gasteiger partial charge on any atom is -0.315 e. The van der Waals surface area contributed by atoms with Crippen molar-refractivity contribution in [2.75, 3.05) is 13.1 Å². The fourth-order valence-electron chi connectivity index (χ4n) is 1.34. The van der Waals surface area contributed by atoms with Crippen molar-refractivity contribution in [1.29, 1.82) is 0 Å². The standard InChI is InChI=1S/C6H7F6N/c7-5(8,9)4(6(10,11)12)1-2-13-3-4/h13H,1-3H2. The van der Waals surface area contributed by atoms with E-state index in [1.807, 2.05) is 0 Å². The number of hydrogen-bond donors (Lipinski definition) is 1. The van der Waals surface area contributed by atoms with Crippen LogP contribution in [0.2, 0.25) is 0 Å². The van der Waals surface area contributed by atoms with Gasteiger partial charge >= 0.3 is 12.4 Å². The summed E-state index contributed by atoms with van der Waals surface area (Å²) in [5.74, 6) is 0. The molecule has 0 aliphatic carbocycles. The highest BCUT2D eigenvalue weighted by Gasteiger charge is 2.71. The summed E-state index contributed by atoms with van der Waals surface area (Å²) in [5, 5.41) is 2.09. The molecule has 0 aromatic carbocycles. The number of halogens is 6. The normalized spacial score (nSPS) is 23.5. The second-order valence-corrected chi connectivity index (χ2v) is 3.00. The van der Waals surface area contributed by atoms with Crippen LogP contribution in [0.5, 0.6) is 0 Å². The molecule has 1 aliphatic rings. The Morgan fingerprint density at radius 2 is 1.38 bits per heavy atom. The maximum Gasteiger partial charge on any atom is 0.404 e. The third-order valence-electron chi connectivity index (χ3n) is 2.24. The van der Waals surface area contributed by atoms with Crippen molar-refractivity contribution in [3.05, 3.63) is 0 Å². The molecule has 0 aromatic rings. The van der Waals surface area contributed by atoms with Crippen molar-refractivity contribution in [3.63, 3.8) is 0 Å². The lowest BCUT2D eigenvalue weighted by atomic mass is 9.85. The Bertz CT molecular complexity index is 170. The molecule has 1 heterocycles. The molecule has 0 aromatic heterocycles. The molecule has 0 saturated carbocycles. The van der Waals surface area contributed by atoms with Crippen LogP contribution in [0.4, 0.5) is 26.3 Å². The molecule has 1 rings (SSSR count). The number of hydrogen-bond acceptors (Lipinski definition) is 1. The molecule has 0 atom stereocenters. The van der Waals surface area contributed by atoms with Crippen molar-refractivity contribution in [3.8, 4) is 0 Å². The van der Waals surface area contributed by atoms with E-state index in [4.69, 9.17) is 0 Å². The monoisotopic (exact) mass is 207 g/mol. The van der Waals surface area contributed by atoms with Crippen LogP contribution in [0.25, 0.3) is 0 Å². The van der Waals surface area contributed by atoms with Crippen molar-refractivity contribution in [2.24, 2.45) is 5.41 Å². The lowest BCUT2D eigenvalue weighted by Crippen LogP contribution is -2.51. The SMILES string of the molecule is FC(F)(F)C1(C(F)(F)F)CCNC1. The first kappa shape index (κ1) is 10.6. The fourth-order valence-corrected chi connectivity index (χ4v) is 1.34. The van der Waals surface area contributed by atoms with E-state index in [0.717, 1.165) is 0 Å². The van der Waals surface area contributed by atoms with Crippen molar-refractivity contribution in [2.45, 2.75) is 18.8 Å². The van der Waals surface area contributed by atoms with Crippen LogP contribution < -0.4 is 5.32 Å². The van der Waals surface area contributed by atoms with Crippen molar-refractivity contribution >= 4 is 0 Å². The average Bonchev–Trinajstić information content (AvgIpc) is 2.28. The molecule has 0 radical (unpaired) electrons. The fraction of sp³-hybridized carbons (Fsp3) is 1.00. The van der Waals surface area contributed by atoms with Crippen LogP contribution in [0.1, 0.15) is 6.42 Å². The Balaban J connectivity index is 3.02. The molecule has 0 amide bonds. The smallest absolute Gasteiger partial charge is 0.315 e. The highest BCUT2D eigenvalue weighted by atomic mass is 19.4. The maximum absolute atomic E-state index is 12.2.